The van der Waals surface area contributed by atoms with E-state index in [0.29, 0.717) is 22.6 Å². The second-order valence-electron chi connectivity index (χ2n) is 5.42. The minimum atomic E-state index is -0.439. The number of H-pyrrole nitrogens is 1. The van der Waals surface area contributed by atoms with Gasteiger partial charge in [-0.05, 0) is 43.7 Å². The number of carbonyl (C=O) groups excluding carboxylic acids is 1. The van der Waals surface area contributed by atoms with Gasteiger partial charge in [0.05, 0.1) is 29.4 Å². The van der Waals surface area contributed by atoms with Crippen LogP contribution in [0.4, 0.5) is 5.95 Å². The highest BCUT2D eigenvalue weighted by Crippen LogP contribution is 2.23. The number of phenolic OH excluding ortho intramolecular Hbond substituents is 1. The molecule has 0 aliphatic carbocycles. The lowest BCUT2D eigenvalue weighted by Crippen LogP contribution is -2.06. The maximum Gasteiger partial charge on any atom is 0.338 e. The first-order valence-electron chi connectivity index (χ1n) is 7.83. The molecule has 3 rings (SSSR count). The van der Waals surface area contributed by atoms with Crippen LogP contribution in [0.3, 0.4) is 0 Å². The number of rotatable bonds is 5. The van der Waals surface area contributed by atoms with E-state index in [9.17, 15) is 9.90 Å². The molecule has 0 unspecified atom stereocenters. The van der Waals surface area contributed by atoms with Gasteiger partial charge < -0.3 is 14.8 Å². The van der Waals surface area contributed by atoms with Gasteiger partial charge in [0.2, 0.25) is 5.95 Å². The van der Waals surface area contributed by atoms with Gasteiger partial charge in [-0.3, -0.25) is 0 Å². The number of ether oxygens (including phenoxy) is 1. The number of imidazole rings is 1. The molecule has 0 atom stereocenters. The molecule has 0 aliphatic rings. The molecule has 0 aliphatic heterocycles. The maximum atomic E-state index is 11.9. The van der Waals surface area contributed by atoms with E-state index in [1.165, 1.54) is 12.3 Å². The molecule has 25 heavy (non-hydrogen) atoms. The number of benzene rings is 2. The number of aromatic hydroxyl groups is 1. The molecule has 0 amide bonds. The SMILES string of the molecule is CCOC(=O)c1cc(C)c(O)c(/C=N/Nc2nc3ccccc3[nH]2)c1. The molecule has 7 nitrogen and oxygen atoms in total. The molecule has 0 saturated carbocycles. The van der Waals surface area contributed by atoms with Gasteiger partial charge in [0.25, 0.3) is 0 Å². The Morgan fingerprint density at radius 3 is 2.96 bits per heavy atom. The Morgan fingerprint density at radius 1 is 1.40 bits per heavy atom. The van der Waals surface area contributed by atoms with Gasteiger partial charge >= 0.3 is 5.97 Å². The summed E-state index contributed by atoms with van der Waals surface area (Å²) in [5, 5.41) is 14.2. The quantitative estimate of drug-likeness (QED) is 0.377. The zero-order chi connectivity index (χ0) is 17.8. The molecule has 0 saturated heterocycles. The molecule has 3 N–H and O–H groups in total. The Hall–Kier alpha value is -3.35. The number of carbonyl (C=O) groups is 1. The van der Waals surface area contributed by atoms with Crippen molar-refractivity contribution in [2.75, 3.05) is 12.0 Å². The fourth-order valence-corrected chi connectivity index (χ4v) is 2.41. The van der Waals surface area contributed by atoms with Crippen molar-refractivity contribution in [3.8, 4) is 5.75 Å². The number of aromatic amines is 1. The summed E-state index contributed by atoms with van der Waals surface area (Å²) in [7, 11) is 0. The Labute approximate surface area is 144 Å². The van der Waals surface area contributed by atoms with Gasteiger partial charge in [-0.25, -0.2) is 15.2 Å². The Balaban J connectivity index is 1.81. The van der Waals surface area contributed by atoms with E-state index >= 15 is 0 Å². The predicted molar refractivity (Wildman–Crippen MR) is 96.1 cm³/mol. The second-order valence-corrected chi connectivity index (χ2v) is 5.42. The summed E-state index contributed by atoms with van der Waals surface area (Å²) in [6.07, 6.45) is 1.43. The van der Waals surface area contributed by atoms with Gasteiger partial charge in [-0.1, -0.05) is 12.1 Å². The van der Waals surface area contributed by atoms with Crippen LogP contribution in [-0.2, 0) is 4.74 Å². The van der Waals surface area contributed by atoms with Crippen LogP contribution in [-0.4, -0.2) is 33.9 Å². The van der Waals surface area contributed by atoms with E-state index in [1.54, 1.807) is 19.9 Å². The molecule has 1 aromatic heterocycles. The van der Waals surface area contributed by atoms with Crippen molar-refractivity contribution in [2.24, 2.45) is 5.10 Å². The van der Waals surface area contributed by atoms with E-state index in [2.05, 4.69) is 20.5 Å². The number of aryl methyl sites for hydroxylation is 1. The Morgan fingerprint density at radius 2 is 2.20 bits per heavy atom. The minimum Gasteiger partial charge on any atom is -0.507 e. The van der Waals surface area contributed by atoms with Crippen molar-refractivity contribution >= 4 is 29.2 Å². The number of hydrogen-bond acceptors (Lipinski definition) is 6. The number of phenols is 1. The average Bonchev–Trinajstić information content (AvgIpc) is 3.01. The normalized spacial score (nSPS) is 11.1. The van der Waals surface area contributed by atoms with E-state index in [0.717, 1.165) is 11.0 Å². The topological polar surface area (TPSA) is 99.6 Å². The van der Waals surface area contributed by atoms with Crippen molar-refractivity contribution < 1.29 is 14.6 Å². The predicted octanol–water partition coefficient (Wildman–Crippen LogP) is 3.20. The van der Waals surface area contributed by atoms with Crippen LogP contribution >= 0.6 is 0 Å². The Kier molecular flexibility index (Phi) is 4.65. The number of anilines is 1. The first-order chi connectivity index (χ1) is 12.1. The summed E-state index contributed by atoms with van der Waals surface area (Å²) < 4.78 is 4.99. The van der Waals surface area contributed by atoms with Crippen LogP contribution < -0.4 is 5.43 Å². The fraction of sp³-hybridized carbons (Fsp3) is 0.167. The minimum absolute atomic E-state index is 0.0585. The third-order valence-corrected chi connectivity index (χ3v) is 3.60. The molecule has 0 spiro atoms. The van der Waals surface area contributed by atoms with Crippen LogP contribution in [0.2, 0.25) is 0 Å². The lowest BCUT2D eigenvalue weighted by atomic mass is 10.1. The molecule has 7 heteroatoms. The van der Waals surface area contributed by atoms with E-state index < -0.39 is 5.97 Å². The van der Waals surface area contributed by atoms with Crippen molar-refractivity contribution in [3.63, 3.8) is 0 Å². The summed E-state index contributed by atoms with van der Waals surface area (Å²) in [6, 6.07) is 10.7. The van der Waals surface area contributed by atoms with Gasteiger partial charge in [-0.2, -0.15) is 5.10 Å². The Bertz CT molecular complexity index is 914. The number of fused-ring (bicyclic) bond motifs is 1. The standard InChI is InChI=1S/C18H18N4O3/c1-3-25-17(24)12-8-11(2)16(23)13(9-12)10-19-22-18-20-14-6-4-5-7-15(14)21-18/h4-10,23H,3H2,1-2H3,(H2,20,21,22)/b19-10+. The van der Waals surface area contributed by atoms with Crippen molar-refractivity contribution in [3.05, 3.63) is 53.1 Å². The average molecular weight is 338 g/mol. The zero-order valence-corrected chi connectivity index (χ0v) is 13.9. The molecule has 1 heterocycles. The largest absolute Gasteiger partial charge is 0.507 e. The van der Waals surface area contributed by atoms with E-state index in [-0.39, 0.29) is 12.4 Å². The summed E-state index contributed by atoms with van der Waals surface area (Å²) in [4.78, 5) is 19.3. The van der Waals surface area contributed by atoms with Crippen molar-refractivity contribution in [2.45, 2.75) is 13.8 Å². The lowest BCUT2D eigenvalue weighted by Gasteiger charge is -2.07. The molecule has 2 aromatic carbocycles. The maximum absolute atomic E-state index is 11.9. The third kappa shape index (κ3) is 3.60. The molecule has 0 bridgehead atoms. The smallest absolute Gasteiger partial charge is 0.338 e. The highest BCUT2D eigenvalue weighted by molar-refractivity contribution is 5.94. The third-order valence-electron chi connectivity index (χ3n) is 3.60. The first kappa shape index (κ1) is 16.5. The number of nitrogens with zero attached hydrogens (tertiary/aromatic N) is 2. The van der Waals surface area contributed by atoms with Crippen LogP contribution in [0.25, 0.3) is 11.0 Å². The van der Waals surface area contributed by atoms with E-state index in [4.69, 9.17) is 4.74 Å². The first-order valence-corrected chi connectivity index (χ1v) is 7.83. The number of hydrazone groups is 1. The molecule has 3 aromatic rings. The summed E-state index contributed by atoms with van der Waals surface area (Å²) in [5.74, 6) is 0.101. The van der Waals surface area contributed by atoms with Gasteiger partial charge in [-0.15, -0.1) is 0 Å². The summed E-state index contributed by atoms with van der Waals surface area (Å²) in [5.41, 5.74) is 5.83. The molecular formula is C18H18N4O3. The molecule has 0 radical (unpaired) electrons. The highest BCUT2D eigenvalue weighted by Gasteiger charge is 2.12. The van der Waals surface area contributed by atoms with Crippen LogP contribution in [0, 0.1) is 6.92 Å². The number of para-hydroxylation sites is 2. The number of esters is 1. The molecule has 0 fully saturated rings. The number of nitrogens with one attached hydrogen (secondary N) is 2. The summed E-state index contributed by atoms with van der Waals surface area (Å²) in [6.45, 7) is 3.74. The van der Waals surface area contributed by atoms with Crippen LogP contribution in [0.1, 0.15) is 28.4 Å². The van der Waals surface area contributed by atoms with Gasteiger partial charge in [0.1, 0.15) is 5.75 Å². The number of hydrogen-bond donors (Lipinski definition) is 3. The zero-order valence-electron chi connectivity index (χ0n) is 13.9. The fourth-order valence-electron chi connectivity index (χ4n) is 2.41. The van der Waals surface area contributed by atoms with Crippen LogP contribution in [0.15, 0.2) is 41.5 Å². The molecule has 128 valence electrons. The highest BCUT2D eigenvalue weighted by atomic mass is 16.5. The van der Waals surface area contributed by atoms with Gasteiger partial charge in [0.15, 0.2) is 0 Å². The lowest BCUT2D eigenvalue weighted by molar-refractivity contribution is 0.0526. The molecular weight excluding hydrogens is 320 g/mol. The monoisotopic (exact) mass is 338 g/mol. The van der Waals surface area contributed by atoms with Crippen molar-refractivity contribution in [1.82, 2.24) is 9.97 Å². The van der Waals surface area contributed by atoms with Crippen molar-refractivity contribution in [1.29, 1.82) is 0 Å². The van der Waals surface area contributed by atoms with E-state index in [1.807, 2.05) is 24.3 Å². The van der Waals surface area contributed by atoms with Crippen LogP contribution in [0.5, 0.6) is 5.75 Å². The van der Waals surface area contributed by atoms with Gasteiger partial charge in [0, 0.05) is 5.56 Å². The summed E-state index contributed by atoms with van der Waals surface area (Å²) >= 11 is 0. The number of aromatic nitrogens is 2. The second kappa shape index (κ2) is 7.04.